The molecule has 0 radical (unpaired) electrons. The second-order valence-corrected chi connectivity index (χ2v) is 8.61. The van der Waals surface area contributed by atoms with E-state index in [4.69, 9.17) is 11.2 Å². The van der Waals surface area contributed by atoms with E-state index in [0.717, 1.165) is 29.7 Å². The van der Waals surface area contributed by atoms with E-state index in [1.165, 1.54) is 19.2 Å². The molecule has 2 atom stereocenters. The number of carbonyl (C=O) groups excluding carboxylic acids is 1. The number of carbonyl (C=O) groups is 1. The number of methoxy groups -OCH3 is 1. The predicted molar refractivity (Wildman–Crippen MR) is 116 cm³/mol. The van der Waals surface area contributed by atoms with E-state index in [0.29, 0.717) is 19.5 Å². The highest BCUT2D eigenvalue weighted by atomic mass is 19.4. The molecule has 2 aromatic rings. The molecule has 2 aliphatic heterocycles. The Kier molecular flexibility index (Phi) is 6.26. The molecule has 172 valence electrons. The molecule has 0 unspecified atom stereocenters. The van der Waals surface area contributed by atoms with Gasteiger partial charge in [-0.3, -0.25) is 9.69 Å². The standard InChI is InChI=1S/C25H24F3N3O2/c1-3-17-4-8-20(9-5-17)21-12-19(13-23(32)33-2)15-31(16-21)14-18-6-10-22(11-7-18)24(29-30-24)25(26,27)28/h1,4-11,19,21H,12-16H2,2H3/t19-,21+/m1/s1. The Balaban J connectivity index is 1.49. The molecule has 0 aliphatic carbocycles. The van der Waals surface area contributed by atoms with Gasteiger partial charge in [-0.1, -0.05) is 42.3 Å². The second kappa shape index (κ2) is 8.99. The smallest absolute Gasteiger partial charge is 0.442 e. The minimum Gasteiger partial charge on any atom is -0.469 e. The maximum absolute atomic E-state index is 13.2. The molecule has 2 aromatic carbocycles. The number of terminal acetylenes is 1. The van der Waals surface area contributed by atoms with Crippen LogP contribution < -0.4 is 0 Å². The van der Waals surface area contributed by atoms with Crippen LogP contribution in [0.4, 0.5) is 13.2 Å². The summed E-state index contributed by atoms with van der Waals surface area (Å²) in [5.41, 5.74) is 0.457. The van der Waals surface area contributed by atoms with E-state index in [-0.39, 0.29) is 23.4 Å². The van der Waals surface area contributed by atoms with Crippen LogP contribution in [-0.4, -0.2) is 37.2 Å². The summed E-state index contributed by atoms with van der Waals surface area (Å²) in [6, 6.07) is 14.1. The number of hydrogen-bond acceptors (Lipinski definition) is 5. The summed E-state index contributed by atoms with van der Waals surface area (Å²) in [6.07, 6.45) is 2.09. The second-order valence-electron chi connectivity index (χ2n) is 8.61. The fourth-order valence-electron chi connectivity index (χ4n) is 4.54. The van der Waals surface area contributed by atoms with Crippen LogP contribution in [0.15, 0.2) is 58.8 Å². The van der Waals surface area contributed by atoms with Crippen molar-refractivity contribution in [2.45, 2.75) is 37.1 Å². The molecule has 0 saturated carbocycles. The van der Waals surface area contributed by atoms with Gasteiger partial charge in [0.2, 0.25) is 0 Å². The fourth-order valence-corrected chi connectivity index (χ4v) is 4.54. The van der Waals surface area contributed by atoms with Crippen molar-refractivity contribution in [3.63, 3.8) is 0 Å². The number of alkyl halides is 3. The van der Waals surface area contributed by atoms with Crippen molar-refractivity contribution >= 4 is 5.97 Å². The van der Waals surface area contributed by atoms with Crippen LogP contribution in [0.25, 0.3) is 0 Å². The summed E-state index contributed by atoms with van der Waals surface area (Å²) in [6.45, 7) is 2.03. The molecule has 8 heteroatoms. The largest absolute Gasteiger partial charge is 0.469 e. The molecular weight excluding hydrogens is 431 g/mol. The zero-order valence-electron chi connectivity index (χ0n) is 18.2. The molecule has 0 N–H and O–H groups in total. The van der Waals surface area contributed by atoms with Gasteiger partial charge in [-0.25, -0.2) is 0 Å². The molecule has 1 fully saturated rings. The van der Waals surface area contributed by atoms with Crippen LogP contribution in [0, 0.1) is 18.3 Å². The number of rotatable bonds is 6. The Morgan fingerprint density at radius 2 is 1.82 bits per heavy atom. The Morgan fingerprint density at radius 1 is 1.15 bits per heavy atom. The lowest BCUT2D eigenvalue weighted by Gasteiger charge is -2.38. The first-order valence-electron chi connectivity index (χ1n) is 10.7. The van der Waals surface area contributed by atoms with Gasteiger partial charge >= 0.3 is 17.8 Å². The average Bonchev–Trinajstić information content (AvgIpc) is 3.62. The van der Waals surface area contributed by atoms with Gasteiger partial charge in [0.15, 0.2) is 0 Å². The number of ether oxygens (including phenoxy) is 1. The van der Waals surface area contributed by atoms with Crippen molar-refractivity contribution < 1.29 is 22.7 Å². The number of nitrogens with zero attached hydrogens (tertiary/aromatic N) is 3. The molecule has 0 amide bonds. The first-order valence-corrected chi connectivity index (χ1v) is 10.7. The van der Waals surface area contributed by atoms with Crippen molar-refractivity contribution in [2.75, 3.05) is 20.2 Å². The zero-order valence-corrected chi connectivity index (χ0v) is 18.2. The average molecular weight is 455 g/mol. The first kappa shape index (κ1) is 23.0. The summed E-state index contributed by atoms with van der Waals surface area (Å²) < 4.78 is 44.6. The van der Waals surface area contributed by atoms with Gasteiger partial charge in [-0.05, 0) is 41.5 Å². The summed E-state index contributed by atoms with van der Waals surface area (Å²) in [7, 11) is 1.38. The molecule has 0 bridgehead atoms. The molecule has 1 saturated heterocycles. The van der Waals surface area contributed by atoms with Crippen LogP contribution in [0.1, 0.15) is 41.0 Å². The van der Waals surface area contributed by atoms with Gasteiger partial charge in [0.1, 0.15) is 0 Å². The highest BCUT2D eigenvalue weighted by Gasteiger charge is 2.65. The lowest BCUT2D eigenvalue weighted by atomic mass is 9.82. The minimum absolute atomic E-state index is 0.0208. The Bertz CT molecular complexity index is 1070. The van der Waals surface area contributed by atoms with Crippen molar-refractivity contribution in [3.05, 3.63) is 70.8 Å². The van der Waals surface area contributed by atoms with Gasteiger partial charge in [0.05, 0.1) is 7.11 Å². The molecule has 4 rings (SSSR count). The lowest BCUT2D eigenvalue weighted by Crippen LogP contribution is -2.40. The zero-order chi connectivity index (χ0) is 23.6. The molecule has 0 spiro atoms. The number of esters is 1. The number of likely N-dealkylation sites (tertiary alicyclic amines) is 1. The quantitative estimate of drug-likeness (QED) is 0.454. The van der Waals surface area contributed by atoms with Gasteiger partial charge in [-0.2, -0.15) is 13.2 Å². The third kappa shape index (κ3) is 4.93. The molecule has 33 heavy (non-hydrogen) atoms. The summed E-state index contributed by atoms with van der Waals surface area (Å²) in [5.74, 6) is 2.68. The van der Waals surface area contributed by atoms with E-state index >= 15 is 0 Å². The molecule has 0 aromatic heterocycles. The van der Waals surface area contributed by atoms with Crippen molar-refractivity contribution in [1.29, 1.82) is 0 Å². The van der Waals surface area contributed by atoms with Crippen LogP contribution in [0.3, 0.4) is 0 Å². The van der Waals surface area contributed by atoms with Crippen LogP contribution in [0.2, 0.25) is 0 Å². The van der Waals surface area contributed by atoms with Crippen LogP contribution >= 0.6 is 0 Å². The lowest BCUT2D eigenvalue weighted by molar-refractivity contribution is -0.166. The Hall–Kier alpha value is -3.18. The highest BCUT2D eigenvalue weighted by molar-refractivity contribution is 5.69. The predicted octanol–water partition coefficient (Wildman–Crippen LogP) is 5.02. The van der Waals surface area contributed by atoms with Gasteiger partial charge < -0.3 is 4.74 Å². The number of benzene rings is 2. The number of halogens is 3. The number of hydrogen-bond donors (Lipinski definition) is 0. The molecule has 2 aliphatic rings. The first-order chi connectivity index (χ1) is 15.7. The maximum atomic E-state index is 13.2. The molecular formula is C25H24F3N3O2. The number of piperidine rings is 1. The summed E-state index contributed by atoms with van der Waals surface area (Å²) in [4.78, 5) is 14.2. The third-order valence-corrected chi connectivity index (χ3v) is 6.30. The van der Waals surface area contributed by atoms with Crippen molar-refractivity contribution in [3.8, 4) is 12.3 Å². The van der Waals surface area contributed by atoms with Gasteiger partial charge in [0.25, 0.3) is 0 Å². The normalized spacial score (nSPS) is 21.9. The molecule has 2 heterocycles. The third-order valence-electron chi connectivity index (χ3n) is 6.30. The molecule has 5 nitrogen and oxygen atoms in total. The van der Waals surface area contributed by atoms with Crippen LogP contribution in [0.5, 0.6) is 0 Å². The van der Waals surface area contributed by atoms with E-state index in [9.17, 15) is 18.0 Å². The Morgan fingerprint density at radius 3 is 2.36 bits per heavy atom. The summed E-state index contributed by atoms with van der Waals surface area (Å²) in [5, 5.41) is 6.51. The van der Waals surface area contributed by atoms with E-state index in [2.05, 4.69) is 21.0 Å². The SMILES string of the molecule is C#Cc1ccc([C@H]2C[C@H](CC(=O)OC)CN(Cc3ccc(C4(C(F)(F)F)N=N4)cc3)C2)cc1. The van der Waals surface area contributed by atoms with Crippen molar-refractivity contribution in [2.24, 2.45) is 16.1 Å². The monoisotopic (exact) mass is 455 g/mol. The van der Waals surface area contributed by atoms with Gasteiger partial charge in [-0.15, -0.1) is 16.7 Å². The highest BCUT2D eigenvalue weighted by Crippen LogP contribution is 2.52. The van der Waals surface area contributed by atoms with E-state index < -0.39 is 11.8 Å². The van der Waals surface area contributed by atoms with Crippen molar-refractivity contribution in [1.82, 2.24) is 4.90 Å². The van der Waals surface area contributed by atoms with E-state index in [1.54, 1.807) is 12.1 Å². The van der Waals surface area contributed by atoms with E-state index in [1.807, 2.05) is 24.3 Å². The Labute approximate surface area is 190 Å². The van der Waals surface area contributed by atoms with Gasteiger partial charge in [0, 0.05) is 37.2 Å². The minimum atomic E-state index is -4.54. The van der Waals surface area contributed by atoms with Crippen LogP contribution in [-0.2, 0) is 21.7 Å². The maximum Gasteiger partial charge on any atom is 0.442 e. The topological polar surface area (TPSA) is 54.3 Å². The fraction of sp³-hybridized carbons (Fsp3) is 0.400. The summed E-state index contributed by atoms with van der Waals surface area (Å²) >= 11 is 0.